The molecule has 1 aliphatic carbocycles. The molecule has 0 bridgehead atoms. The van der Waals surface area contributed by atoms with E-state index in [1.807, 2.05) is 0 Å². The lowest BCUT2D eigenvalue weighted by atomic mass is 9.93. The fourth-order valence-corrected chi connectivity index (χ4v) is 2.97. The van der Waals surface area contributed by atoms with E-state index in [4.69, 9.17) is 5.73 Å². The minimum atomic E-state index is 0.749. The number of nitrogens with two attached hydrogens (primary N) is 1. The molecule has 0 saturated heterocycles. The Hall–Kier alpha value is -0.0800. The SMILES string of the molecule is CCCN(CC)C1CCCCCC1CN. The van der Waals surface area contributed by atoms with Gasteiger partial charge in [0.15, 0.2) is 0 Å². The molecular weight excluding hydrogens is 184 g/mol. The van der Waals surface area contributed by atoms with Crippen LogP contribution in [0.15, 0.2) is 0 Å². The average molecular weight is 212 g/mol. The molecule has 2 unspecified atom stereocenters. The summed E-state index contributed by atoms with van der Waals surface area (Å²) in [6.45, 7) is 7.88. The van der Waals surface area contributed by atoms with Crippen molar-refractivity contribution >= 4 is 0 Å². The van der Waals surface area contributed by atoms with Gasteiger partial charge < -0.3 is 10.6 Å². The Balaban J connectivity index is 2.58. The van der Waals surface area contributed by atoms with Crippen LogP contribution >= 0.6 is 0 Å². The maximum atomic E-state index is 5.93. The molecule has 0 aromatic carbocycles. The Kier molecular flexibility index (Phi) is 6.26. The van der Waals surface area contributed by atoms with Crippen molar-refractivity contribution in [2.24, 2.45) is 11.7 Å². The molecule has 1 fully saturated rings. The second-order valence-electron chi connectivity index (χ2n) is 4.83. The Bertz CT molecular complexity index is 159. The maximum Gasteiger partial charge on any atom is 0.0135 e. The van der Waals surface area contributed by atoms with Gasteiger partial charge in [-0.3, -0.25) is 0 Å². The standard InChI is InChI=1S/C13H28N2/c1-3-10-15(4-2)13-9-7-5-6-8-12(13)11-14/h12-13H,3-11,14H2,1-2H3. The zero-order valence-electron chi connectivity index (χ0n) is 10.5. The second-order valence-corrected chi connectivity index (χ2v) is 4.83. The zero-order valence-corrected chi connectivity index (χ0v) is 10.5. The summed E-state index contributed by atoms with van der Waals surface area (Å²) in [6, 6.07) is 0.766. The van der Waals surface area contributed by atoms with E-state index in [9.17, 15) is 0 Å². The van der Waals surface area contributed by atoms with Gasteiger partial charge in [0, 0.05) is 6.04 Å². The van der Waals surface area contributed by atoms with Crippen LogP contribution in [-0.2, 0) is 0 Å². The highest BCUT2D eigenvalue weighted by Gasteiger charge is 2.26. The third kappa shape index (κ3) is 3.76. The summed E-state index contributed by atoms with van der Waals surface area (Å²) in [7, 11) is 0. The molecule has 0 aromatic rings. The molecule has 2 atom stereocenters. The van der Waals surface area contributed by atoms with Crippen molar-refractivity contribution in [2.75, 3.05) is 19.6 Å². The molecule has 2 heteroatoms. The van der Waals surface area contributed by atoms with Gasteiger partial charge in [-0.2, -0.15) is 0 Å². The van der Waals surface area contributed by atoms with Gasteiger partial charge in [-0.15, -0.1) is 0 Å². The van der Waals surface area contributed by atoms with Crippen LogP contribution in [0.5, 0.6) is 0 Å². The van der Waals surface area contributed by atoms with E-state index < -0.39 is 0 Å². The van der Waals surface area contributed by atoms with Crippen molar-refractivity contribution < 1.29 is 0 Å². The lowest BCUT2D eigenvalue weighted by molar-refractivity contribution is 0.142. The van der Waals surface area contributed by atoms with Gasteiger partial charge >= 0.3 is 0 Å². The molecule has 2 N–H and O–H groups in total. The molecule has 1 rings (SSSR count). The van der Waals surface area contributed by atoms with Gasteiger partial charge in [-0.25, -0.2) is 0 Å². The normalized spacial score (nSPS) is 28.0. The number of nitrogens with zero attached hydrogens (tertiary/aromatic N) is 1. The van der Waals surface area contributed by atoms with Crippen molar-refractivity contribution in [3.8, 4) is 0 Å². The monoisotopic (exact) mass is 212 g/mol. The Morgan fingerprint density at radius 2 is 1.87 bits per heavy atom. The van der Waals surface area contributed by atoms with E-state index in [1.165, 1.54) is 51.6 Å². The van der Waals surface area contributed by atoms with Gasteiger partial charge in [-0.1, -0.05) is 33.1 Å². The quantitative estimate of drug-likeness (QED) is 0.710. The van der Waals surface area contributed by atoms with E-state index in [1.54, 1.807) is 0 Å². The first-order chi connectivity index (χ1) is 7.33. The highest BCUT2D eigenvalue weighted by atomic mass is 15.2. The van der Waals surface area contributed by atoms with Gasteiger partial charge in [0.25, 0.3) is 0 Å². The van der Waals surface area contributed by atoms with Crippen LogP contribution in [-0.4, -0.2) is 30.6 Å². The molecule has 0 spiro atoms. The average Bonchev–Trinajstić information content (AvgIpc) is 2.50. The van der Waals surface area contributed by atoms with Gasteiger partial charge in [0.2, 0.25) is 0 Å². The molecule has 0 amide bonds. The number of hydrogen-bond donors (Lipinski definition) is 1. The summed E-state index contributed by atoms with van der Waals surface area (Å²) >= 11 is 0. The molecule has 1 aliphatic rings. The lowest BCUT2D eigenvalue weighted by Crippen LogP contribution is -2.43. The van der Waals surface area contributed by atoms with Crippen molar-refractivity contribution in [3.63, 3.8) is 0 Å². The summed E-state index contributed by atoms with van der Waals surface area (Å²) in [5, 5.41) is 0. The van der Waals surface area contributed by atoms with E-state index in [2.05, 4.69) is 18.7 Å². The molecule has 0 radical (unpaired) electrons. The van der Waals surface area contributed by atoms with Crippen LogP contribution in [0.1, 0.15) is 52.4 Å². The van der Waals surface area contributed by atoms with Crippen LogP contribution in [0, 0.1) is 5.92 Å². The van der Waals surface area contributed by atoms with Crippen LogP contribution in [0.4, 0.5) is 0 Å². The van der Waals surface area contributed by atoms with Gasteiger partial charge in [-0.05, 0) is 44.8 Å². The summed E-state index contributed by atoms with van der Waals surface area (Å²) in [5.41, 5.74) is 5.93. The van der Waals surface area contributed by atoms with E-state index in [-0.39, 0.29) is 0 Å². The van der Waals surface area contributed by atoms with Crippen LogP contribution in [0.3, 0.4) is 0 Å². The number of rotatable bonds is 5. The summed E-state index contributed by atoms with van der Waals surface area (Å²) in [6.07, 6.45) is 8.19. The fourth-order valence-electron chi connectivity index (χ4n) is 2.97. The number of hydrogen-bond acceptors (Lipinski definition) is 2. The third-order valence-electron chi connectivity index (χ3n) is 3.81. The van der Waals surface area contributed by atoms with Crippen LogP contribution in [0.2, 0.25) is 0 Å². The highest BCUT2D eigenvalue weighted by molar-refractivity contribution is 4.82. The summed E-state index contributed by atoms with van der Waals surface area (Å²) < 4.78 is 0. The first-order valence-corrected chi connectivity index (χ1v) is 6.77. The van der Waals surface area contributed by atoms with Crippen molar-refractivity contribution in [1.82, 2.24) is 4.90 Å². The molecule has 1 saturated carbocycles. The van der Waals surface area contributed by atoms with Gasteiger partial charge in [0.1, 0.15) is 0 Å². The summed E-state index contributed by atoms with van der Waals surface area (Å²) in [5.74, 6) is 0.749. The lowest BCUT2D eigenvalue weighted by Gasteiger charge is -2.35. The maximum absolute atomic E-state index is 5.93. The van der Waals surface area contributed by atoms with Gasteiger partial charge in [0.05, 0.1) is 0 Å². The molecule has 0 aliphatic heterocycles. The van der Waals surface area contributed by atoms with E-state index >= 15 is 0 Å². The van der Waals surface area contributed by atoms with E-state index in [0.717, 1.165) is 18.5 Å². The topological polar surface area (TPSA) is 29.3 Å². The van der Waals surface area contributed by atoms with Crippen molar-refractivity contribution in [1.29, 1.82) is 0 Å². The largest absolute Gasteiger partial charge is 0.330 e. The minimum absolute atomic E-state index is 0.749. The molecular formula is C13H28N2. The Morgan fingerprint density at radius 1 is 1.13 bits per heavy atom. The zero-order chi connectivity index (χ0) is 11.1. The van der Waals surface area contributed by atoms with Crippen LogP contribution in [0.25, 0.3) is 0 Å². The third-order valence-corrected chi connectivity index (χ3v) is 3.81. The fraction of sp³-hybridized carbons (Fsp3) is 1.00. The second kappa shape index (κ2) is 7.24. The predicted molar refractivity (Wildman–Crippen MR) is 67.0 cm³/mol. The molecule has 90 valence electrons. The Morgan fingerprint density at radius 3 is 2.47 bits per heavy atom. The highest BCUT2D eigenvalue weighted by Crippen LogP contribution is 2.26. The first kappa shape index (κ1) is 13.0. The molecule has 15 heavy (non-hydrogen) atoms. The van der Waals surface area contributed by atoms with Crippen LogP contribution < -0.4 is 5.73 Å². The van der Waals surface area contributed by atoms with E-state index in [0.29, 0.717) is 0 Å². The smallest absolute Gasteiger partial charge is 0.0135 e. The first-order valence-electron chi connectivity index (χ1n) is 6.77. The molecule has 0 heterocycles. The minimum Gasteiger partial charge on any atom is -0.330 e. The molecule has 2 nitrogen and oxygen atoms in total. The predicted octanol–water partition coefficient (Wildman–Crippen LogP) is 2.63. The van der Waals surface area contributed by atoms with Crippen molar-refractivity contribution in [3.05, 3.63) is 0 Å². The molecule has 0 aromatic heterocycles. The Labute approximate surface area is 95.2 Å². The van der Waals surface area contributed by atoms with Crippen molar-refractivity contribution in [2.45, 2.75) is 58.4 Å². The summed E-state index contributed by atoms with van der Waals surface area (Å²) in [4.78, 5) is 2.66.